The van der Waals surface area contributed by atoms with Crippen LogP contribution in [0.3, 0.4) is 0 Å². The van der Waals surface area contributed by atoms with E-state index in [2.05, 4.69) is 50.2 Å². The summed E-state index contributed by atoms with van der Waals surface area (Å²) in [5.74, 6) is 0. The lowest BCUT2D eigenvalue weighted by atomic mass is 9.92. The maximum absolute atomic E-state index is 2.29. The van der Waals surface area contributed by atoms with Crippen molar-refractivity contribution < 1.29 is 0 Å². The first kappa shape index (κ1) is 14.5. The minimum absolute atomic E-state index is 1.29. The predicted molar refractivity (Wildman–Crippen MR) is 95.7 cm³/mol. The lowest BCUT2D eigenvalue weighted by Crippen LogP contribution is -1.99. The van der Waals surface area contributed by atoms with Crippen LogP contribution in [-0.4, -0.2) is 0 Å². The van der Waals surface area contributed by atoms with Gasteiger partial charge in [-0.1, -0.05) is 61.5 Å². The molecule has 1 fully saturated rings. The van der Waals surface area contributed by atoms with Crippen molar-refractivity contribution in [2.45, 2.75) is 45.4 Å². The molecule has 1 aliphatic heterocycles. The van der Waals surface area contributed by atoms with Gasteiger partial charge >= 0.3 is 0 Å². The second kappa shape index (κ2) is 5.73. The van der Waals surface area contributed by atoms with Gasteiger partial charge in [-0.3, -0.25) is 0 Å². The lowest BCUT2D eigenvalue weighted by molar-refractivity contribution is 1.34. The maximum atomic E-state index is 2.29. The SMILES string of the molecule is CC.CC1=C(C)C(=C2CC2)c2c(ccc3ccccc23)S1. The standard InChI is InChI=1S/C18H16S.C2H6/c1-11-12(2)19-16-10-9-13-5-3-4-6-15(13)18(16)17(11)14-7-8-14;1-2/h3-6,9-10H,7-8H2,1-2H3;1-2H3. The zero-order chi connectivity index (χ0) is 15.0. The Balaban J connectivity index is 0.000000636. The Hall–Kier alpha value is -1.47. The van der Waals surface area contributed by atoms with Gasteiger partial charge in [0.2, 0.25) is 0 Å². The number of hydrogen-bond acceptors (Lipinski definition) is 1. The molecule has 0 unspecified atom stereocenters. The molecule has 108 valence electrons. The molecule has 0 radical (unpaired) electrons. The molecule has 1 heteroatoms. The first-order valence-electron chi connectivity index (χ1n) is 7.85. The van der Waals surface area contributed by atoms with E-state index in [4.69, 9.17) is 0 Å². The Labute approximate surface area is 132 Å². The third-order valence-corrected chi connectivity index (χ3v) is 5.33. The summed E-state index contributed by atoms with van der Waals surface area (Å²) in [6.45, 7) is 8.54. The molecule has 0 atom stereocenters. The molecule has 0 nitrogen and oxygen atoms in total. The van der Waals surface area contributed by atoms with Crippen LogP contribution in [0.1, 0.15) is 46.1 Å². The third kappa shape index (κ3) is 2.44. The first-order valence-corrected chi connectivity index (χ1v) is 8.67. The fourth-order valence-corrected chi connectivity index (χ4v) is 3.99. The topological polar surface area (TPSA) is 0 Å². The number of hydrogen-bond donors (Lipinski definition) is 0. The van der Waals surface area contributed by atoms with Gasteiger partial charge < -0.3 is 0 Å². The van der Waals surface area contributed by atoms with Crippen molar-refractivity contribution >= 4 is 28.1 Å². The average Bonchev–Trinajstić information content (AvgIpc) is 3.35. The fraction of sp³-hybridized carbons (Fsp3) is 0.300. The van der Waals surface area contributed by atoms with Crippen LogP contribution in [0, 0.1) is 0 Å². The second-order valence-electron chi connectivity index (χ2n) is 5.42. The van der Waals surface area contributed by atoms with Gasteiger partial charge in [0.25, 0.3) is 0 Å². The summed E-state index contributed by atoms with van der Waals surface area (Å²) in [5, 5.41) is 2.77. The summed E-state index contributed by atoms with van der Waals surface area (Å²) in [7, 11) is 0. The van der Waals surface area contributed by atoms with Gasteiger partial charge in [0.05, 0.1) is 0 Å². The van der Waals surface area contributed by atoms with Gasteiger partial charge in [-0.25, -0.2) is 0 Å². The molecule has 21 heavy (non-hydrogen) atoms. The highest BCUT2D eigenvalue weighted by molar-refractivity contribution is 8.03. The smallest absolute Gasteiger partial charge is 0.0204 e. The van der Waals surface area contributed by atoms with Crippen LogP contribution in [0.25, 0.3) is 16.3 Å². The van der Waals surface area contributed by atoms with Crippen LogP contribution < -0.4 is 0 Å². The molecule has 0 aromatic heterocycles. The summed E-state index contributed by atoms with van der Waals surface area (Å²) >= 11 is 1.93. The van der Waals surface area contributed by atoms with Crippen LogP contribution in [0.5, 0.6) is 0 Å². The van der Waals surface area contributed by atoms with E-state index in [1.54, 1.807) is 11.1 Å². The molecule has 1 saturated carbocycles. The van der Waals surface area contributed by atoms with E-state index >= 15 is 0 Å². The number of fused-ring (bicyclic) bond motifs is 3. The highest BCUT2D eigenvalue weighted by atomic mass is 32.2. The monoisotopic (exact) mass is 294 g/mol. The quantitative estimate of drug-likeness (QED) is 0.514. The number of rotatable bonds is 0. The molecule has 0 amide bonds. The lowest BCUT2D eigenvalue weighted by Gasteiger charge is -2.23. The Kier molecular flexibility index (Phi) is 3.95. The summed E-state index contributed by atoms with van der Waals surface area (Å²) in [6.07, 6.45) is 2.57. The normalized spacial score (nSPS) is 16.6. The van der Waals surface area contributed by atoms with E-state index in [0.717, 1.165) is 0 Å². The van der Waals surface area contributed by atoms with Crippen LogP contribution in [0.4, 0.5) is 0 Å². The van der Waals surface area contributed by atoms with Crippen molar-refractivity contribution in [3.63, 3.8) is 0 Å². The summed E-state index contributed by atoms with van der Waals surface area (Å²) in [4.78, 5) is 2.88. The Morgan fingerprint density at radius 3 is 2.33 bits per heavy atom. The van der Waals surface area contributed by atoms with E-state index in [0.29, 0.717) is 0 Å². The van der Waals surface area contributed by atoms with Crippen molar-refractivity contribution in [1.82, 2.24) is 0 Å². The summed E-state index contributed by atoms with van der Waals surface area (Å²) in [6, 6.07) is 13.3. The zero-order valence-electron chi connectivity index (χ0n) is 13.3. The van der Waals surface area contributed by atoms with E-state index < -0.39 is 0 Å². The molecule has 0 bridgehead atoms. The van der Waals surface area contributed by atoms with Gasteiger partial charge in [0, 0.05) is 10.5 Å². The Bertz CT molecular complexity index is 757. The van der Waals surface area contributed by atoms with E-state index in [9.17, 15) is 0 Å². The van der Waals surface area contributed by atoms with Gasteiger partial charge in [-0.05, 0) is 59.6 Å². The highest BCUT2D eigenvalue weighted by Crippen LogP contribution is 2.51. The third-order valence-electron chi connectivity index (χ3n) is 4.16. The van der Waals surface area contributed by atoms with Gasteiger partial charge in [-0.15, -0.1) is 0 Å². The molecular weight excluding hydrogens is 272 g/mol. The van der Waals surface area contributed by atoms with Crippen molar-refractivity contribution in [3.05, 3.63) is 58.0 Å². The number of thioether (sulfide) groups is 1. The molecular formula is C20H22S. The van der Waals surface area contributed by atoms with Crippen molar-refractivity contribution in [3.8, 4) is 0 Å². The Morgan fingerprint density at radius 1 is 0.905 bits per heavy atom. The van der Waals surface area contributed by atoms with E-state index in [-0.39, 0.29) is 0 Å². The molecule has 1 heterocycles. The molecule has 4 rings (SSSR count). The molecule has 0 N–H and O–H groups in total. The largest absolute Gasteiger partial charge is 0.0939 e. The number of allylic oxidation sites excluding steroid dienone is 4. The van der Waals surface area contributed by atoms with E-state index in [1.165, 1.54) is 44.6 Å². The molecule has 1 aliphatic carbocycles. The van der Waals surface area contributed by atoms with Crippen LogP contribution in [-0.2, 0) is 0 Å². The fourth-order valence-electron chi connectivity index (χ4n) is 2.95. The van der Waals surface area contributed by atoms with Gasteiger partial charge in [-0.2, -0.15) is 0 Å². The van der Waals surface area contributed by atoms with Crippen molar-refractivity contribution in [2.75, 3.05) is 0 Å². The zero-order valence-corrected chi connectivity index (χ0v) is 14.1. The minimum atomic E-state index is 1.29. The van der Waals surface area contributed by atoms with Crippen molar-refractivity contribution in [2.24, 2.45) is 0 Å². The maximum Gasteiger partial charge on any atom is 0.0204 e. The highest BCUT2D eigenvalue weighted by Gasteiger charge is 2.27. The average molecular weight is 294 g/mol. The molecule has 2 aromatic rings. The second-order valence-corrected chi connectivity index (χ2v) is 6.68. The van der Waals surface area contributed by atoms with Crippen molar-refractivity contribution in [1.29, 1.82) is 0 Å². The van der Waals surface area contributed by atoms with Gasteiger partial charge in [0.1, 0.15) is 0 Å². The molecule has 0 spiro atoms. The molecule has 2 aliphatic rings. The van der Waals surface area contributed by atoms with Gasteiger partial charge in [0.15, 0.2) is 0 Å². The first-order chi connectivity index (χ1) is 10.3. The molecule has 0 saturated heterocycles. The van der Waals surface area contributed by atoms with Crippen LogP contribution in [0.2, 0.25) is 0 Å². The minimum Gasteiger partial charge on any atom is -0.0939 e. The predicted octanol–water partition coefficient (Wildman–Crippen LogP) is 6.81. The molecule has 2 aromatic carbocycles. The number of benzene rings is 2. The van der Waals surface area contributed by atoms with Crippen LogP contribution in [0.15, 0.2) is 57.3 Å². The van der Waals surface area contributed by atoms with Crippen LogP contribution >= 0.6 is 11.8 Å². The Morgan fingerprint density at radius 2 is 1.62 bits per heavy atom. The summed E-state index contributed by atoms with van der Waals surface area (Å²) in [5.41, 5.74) is 6.16. The summed E-state index contributed by atoms with van der Waals surface area (Å²) < 4.78 is 0. The van der Waals surface area contributed by atoms with E-state index in [1.807, 2.05) is 25.6 Å².